The molecule has 0 aliphatic rings. The summed E-state index contributed by atoms with van der Waals surface area (Å²) in [7, 11) is -1.73. The monoisotopic (exact) mass is 393 g/mol. The van der Waals surface area contributed by atoms with Gasteiger partial charge in [0.15, 0.2) is 0 Å². The molecule has 0 fully saturated rings. The van der Waals surface area contributed by atoms with E-state index in [9.17, 15) is 27.0 Å². The molecule has 0 spiro atoms. The highest BCUT2D eigenvalue weighted by Gasteiger charge is 2.36. The van der Waals surface area contributed by atoms with Gasteiger partial charge in [-0.2, -0.15) is 17.8 Å². The van der Waals surface area contributed by atoms with Gasteiger partial charge in [0.05, 0.1) is 28.7 Å². The Morgan fingerprint density at radius 3 is 2.35 bits per heavy atom. The fourth-order valence-electron chi connectivity index (χ4n) is 2.56. The molecule has 0 radical (unpaired) electrons. The molecule has 26 heavy (non-hydrogen) atoms. The lowest BCUT2D eigenvalue weighted by Crippen LogP contribution is -2.41. The van der Waals surface area contributed by atoms with E-state index in [4.69, 9.17) is 4.74 Å². The number of nitrogens with one attached hydrogen (secondary N) is 2. The molecule has 0 aliphatic carbocycles. The molecule has 2 N–H and O–H groups in total. The Balaban J connectivity index is 2.82. The number of benzene rings is 1. The van der Waals surface area contributed by atoms with E-state index in [0.29, 0.717) is 10.7 Å². The van der Waals surface area contributed by atoms with Gasteiger partial charge in [0.2, 0.25) is 0 Å². The van der Waals surface area contributed by atoms with Crippen LogP contribution in [-0.2, 0) is 21.9 Å². The van der Waals surface area contributed by atoms with Gasteiger partial charge in [-0.3, -0.25) is 4.79 Å². The summed E-state index contributed by atoms with van der Waals surface area (Å²) in [5, 5.41) is -0.162. The number of hydrogen-bond donors (Lipinski definition) is 2. The number of halogens is 3. The predicted molar refractivity (Wildman–Crippen MR) is 91.9 cm³/mol. The van der Waals surface area contributed by atoms with Crippen LogP contribution in [0.15, 0.2) is 21.7 Å². The summed E-state index contributed by atoms with van der Waals surface area (Å²) in [6, 6.07) is 1.75. The number of aromatic nitrogens is 2. The number of nitrogens with zero attached hydrogens (tertiary/aromatic N) is 1. The third kappa shape index (κ3) is 4.15. The van der Waals surface area contributed by atoms with E-state index in [0.717, 1.165) is 6.07 Å². The smallest absolute Gasteiger partial charge is 0.371 e. The lowest BCUT2D eigenvalue weighted by Gasteiger charge is -2.21. The summed E-state index contributed by atoms with van der Waals surface area (Å²) < 4.78 is 57.5. The van der Waals surface area contributed by atoms with Gasteiger partial charge in [-0.15, -0.1) is 0 Å². The van der Waals surface area contributed by atoms with E-state index in [1.54, 1.807) is 13.8 Å². The number of hydrogen-bond acceptors (Lipinski definition) is 4. The van der Waals surface area contributed by atoms with E-state index >= 15 is 0 Å². The fraction of sp³-hybridized carbons (Fsp3) is 0.467. The highest BCUT2D eigenvalue weighted by atomic mass is 32.2. The molecular weight excluding hydrogens is 375 g/mol. The van der Waals surface area contributed by atoms with Crippen molar-refractivity contribution in [1.29, 1.82) is 0 Å². The van der Waals surface area contributed by atoms with Crippen molar-refractivity contribution in [3.8, 4) is 0 Å². The van der Waals surface area contributed by atoms with Gasteiger partial charge in [-0.1, -0.05) is 0 Å². The standard InChI is InChI=1S/C15H18F3N3O4S/c1-7(2)25-8(3)9-5-10-12(6-11(9)15(16,17)18)19-14(23)21(13(10)22)20-26(4)24/h5-8,20H,1-4H3,(H,19,23). The maximum Gasteiger partial charge on any atom is 0.416 e. The second kappa shape index (κ2) is 7.23. The van der Waals surface area contributed by atoms with Gasteiger partial charge in [-0.05, 0) is 38.5 Å². The molecule has 0 amide bonds. The predicted octanol–water partition coefficient (Wildman–Crippen LogP) is 2.03. The van der Waals surface area contributed by atoms with Crippen LogP contribution in [0.25, 0.3) is 10.9 Å². The fourth-order valence-corrected chi connectivity index (χ4v) is 2.98. The Morgan fingerprint density at radius 2 is 1.85 bits per heavy atom. The molecule has 11 heteroatoms. The zero-order valence-electron chi connectivity index (χ0n) is 14.4. The number of alkyl halides is 3. The molecule has 1 heterocycles. The molecule has 144 valence electrons. The first kappa shape index (κ1) is 20.2. The number of ether oxygens (including phenoxy) is 1. The summed E-state index contributed by atoms with van der Waals surface area (Å²) in [4.78, 5) is 28.7. The molecule has 0 saturated carbocycles. The Hall–Kier alpha value is -2.14. The quantitative estimate of drug-likeness (QED) is 0.813. The average Bonchev–Trinajstić information content (AvgIpc) is 2.48. The Labute approximate surface area is 148 Å². The van der Waals surface area contributed by atoms with E-state index in [-0.39, 0.29) is 22.6 Å². The van der Waals surface area contributed by atoms with E-state index in [2.05, 4.69) is 9.82 Å². The highest BCUT2D eigenvalue weighted by molar-refractivity contribution is 7.85. The van der Waals surface area contributed by atoms with Gasteiger partial charge in [-0.25, -0.2) is 13.8 Å². The zero-order chi connectivity index (χ0) is 19.8. The molecule has 2 rings (SSSR count). The first-order chi connectivity index (χ1) is 11.9. The Morgan fingerprint density at radius 1 is 1.23 bits per heavy atom. The van der Waals surface area contributed by atoms with Crippen LogP contribution in [0.4, 0.5) is 13.2 Å². The zero-order valence-corrected chi connectivity index (χ0v) is 15.2. The molecule has 2 atom stereocenters. The third-order valence-corrected chi connectivity index (χ3v) is 3.95. The van der Waals surface area contributed by atoms with Crippen molar-refractivity contribution in [2.45, 2.75) is 39.2 Å². The van der Waals surface area contributed by atoms with E-state index < -0.39 is 40.1 Å². The second-order valence-corrected chi connectivity index (χ2v) is 7.02. The van der Waals surface area contributed by atoms with Crippen molar-refractivity contribution in [1.82, 2.24) is 9.66 Å². The van der Waals surface area contributed by atoms with Crippen molar-refractivity contribution in [2.24, 2.45) is 0 Å². The molecular formula is C15H18F3N3O4S. The van der Waals surface area contributed by atoms with Crippen LogP contribution < -0.4 is 16.1 Å². The Bertz CT molecular complexity index is 965. The van der Waals surface area contributed by atoms with Crippen LogP contribution in [0.2, 0.25) is 0 Å². The van der Waals surface area contributed by atoms with Crippen molar-refractivity contribution < 1.29 is 22.1 Å². The second-order valence-electron chi connectivity index (χ2n) is 5.93. The lowest BCUT2D eigenvalue weighted by molar-refractivity contribution is -0.139. The lowest BCUT2D eigenvalue weighted by atomic mass is 10.00. The van der Waals surface area contributed by atoms with Crippen molar-refractivity contribution in [2.75, 3.05) is 11.1 Å². The van der Waals surface area contributed by atoms with Gasteiger partial charge in [0, 0.05) is 6.26 Å². The highest BCUT2D eigenvalue weighted by Crippen LogP contribution is 2.37. The molecule has 0 saturated heterocycles. The van der Waals surface area contributed by atoms with Gasteiger partial charge in [0.1, 0.15) is 11.0 Å². The first-order valence-corrected chi connectivity index (χ1v) is 9.13. The normalized spacial score (nSPS) is 14.6. The van der Waals surface area contributed by atoms with E-state index in [1.165, 1.54) is 13.2 Å². The molecule has 1 aromatic heterocycles. The van der Waals surface area contributed by atoms with Crippen molar-refractivity contribution in [3.05, 3.63) is 44.1 Å². The summed E-state index contributed by atoms with van der Waals surface area (Å²) in [5.41, 5.74) is -3.44. The van der Waals surface area contributed by atoms with Crippen LogP contribution in [0.5, 0.6) is 0 Å². The van der Waals surface area contributed by atoms with Gasteiger partial charge < -0.3 is 9.72 Å². The van der Waals surface area contributed by atoms with Crippen LogP contribution >= 0.6 is 0 Å². The van der Waals surface area contributed by atoms with Gasteiger partial charge >= 0.3 is 11.9 Å². The number of aromatic amines is 1. The Kier molecular flexibility index (Phi) is 5.61. The molecule has 0 bridgehead atoms. The maximum absolute atomic E-state index is 13.4. The van der Waals surface area contributed by atoms with Crippen LogP contribution in [0.1, 0.15) is 38.0 Å². The topological polar surface area (TPSA) is 93.2 Å². The first-order valence-electron chi connectivity index (χ1n) is 7.57. The number of H-pyrrole nitrogens is 1. The van der Waals surface area contributed by atoms with Crippen molar-refractivity contribution >= 4 is 21.9 Å². The van der Waals surface area contributed by atoms with Crippen LogP contribution in [-0.4, -0.2) is 26.2 Å². The minimum absolute atomic E-state index is 0.162. The number of rotatable bonds is 5. The maximum atomic E-state index is 13.4. The summed E-state index contributed by atoms with van der Waals surface area (Å²) in [6.45, 7) is 4.80. The molecule has 2 aromatic rings. The van der Waals surface area contributed by atoms with Crippen LogP contribution in [0.3, 0.4) is 0 Å². The average molecular weight is 393 g/mol. The molecule has 0 aliphatic heterocycles. The van der Waals surface area contributed by atoms with Gasteiger partial charge in [0.25, 0.3) is 5.56 Å². The van der Waals surface area contributed by atoms with Crippen LogP contribution in [0, 0.1) is 0 Å². The third-order valence-electron chi connectivity index (χ3n) is 3.51. The molecule has 7 nitrogen and oxygen atoms in total. The SMILES string of the molecule is CC(C)OC(C)c1cc2c(=O)n(NS(C)=O)c(=O)[nH]c2cc1C(F)(F)F. The molecule has 1 aromatic carbocycles. The number of fused-ring (bicyclic) bond motifs is 1. The van der Waals surface area contributed by atoms with Crippen molar-refractivity contribution in [3.63, 3.8) is 0 Å². The van der Waals surface area contributed by atoms with E-state index in [1.807, 2.05) is 0 Å². The molecule has 2 unspecified atom stereocenters. The largest absolute Gasteiger partial charge is 0.416 e. The summed E-state index contributed by atoms with van der Waals surface area (Å²) in [6.07, 6.45) is -4.78. The minimum atomic E-state index is -4.70. The minimum Gasteiger partial charge on any atom is -0.371 e. The summed E-state index contributed by atoms with van der Waals surface area (Å²) >= 11 is 0. The summed E-state index contributed by atoms with van der Waals surface area (Å²) in [5.74, 6) is 0.